The normalized spacial score (nSPS) is 12.6. The Kier molecular flexibility index (Phi) is 10.2. The van der Waals surface area contributed by atoms with Gasteiger partial charge >= 0.3 is 0 Å². The van der Waals surface area contributed by atoms with Crippen molar-refractivity contribution in [2.45, 2.75) is 74.0 Å². The topological polar surface area (TPSA) is 68.8 Å². The van der Waals surface area contributed by atoms with Gasteiger partial charge in [0.15, 0.2) is 0 Å². The molecule has 2 aromatic heterocycles. The predicted octanol–water partition coefficient (Wildman–Crippen LogP) is 13.1. The zero-order valence-electron chi connectivity index (χ0n) is 34.6. The standard InChI is InChI=1S/C51H48F2N2O4/c1-28-21-42(50(56)46(23-28)54-34(7)32(5)38-13-9-11-15-44(38)54)40-26-36(52)17-19-48(40)58-30(3)25-31(4)59-49-20-18-37(53)27-41(49)43-22-29(2)24-47(51(43)57)55-35(8)33(6)39-14-10-12-16-45(39)55/h9-24,26-27,30-31,56-57H,25H2,1-8H3/t30-,31+. The lowest BCUT2D eigenvalue weighted by atomic mass is 9.99. The molecule has 0 bridgehead atoms. The summed E-state index contributed by atoms with van der Waals surface area (Å²) in [6.45, 7) is 15.9. The molecule has 2 N–H and O–H groups in total. The average Bonchev–Trinajstić information content (AvgIpc) is 3.61. The van der Waals surface area contributed by atoms with Crippen LogP contribution in [0.25, 0.3) is 55.4 Å². The second kappa shape index (κ2) is 15.3. The van der Waals surface area contributed by atoms with Crippen LogP contribution < -0.4 is 9.47 Å². The molecule has 8 aromatic rings. The van der Waals surface area contributed by atoms with Crippen LogP contribution in [0.2, 0.25) is 0 Å². The van der Waals surface area contributed by atoms with Crippen LogP contribution in [0.3, 0.4) is 0 Å². The minimum atomic E-state index is -0.459. The summed E-state index contributed by atoms with van der Waals surface area (Å²) in [7, 11) is 0. The van der Waals surface area contributed by atoms with Gasteiger partial charge in [-0.05, 0) is 150 Å². The molecule has 0 fully saturated rings. The van der Waals surface area contributed by atoms with Gasteiger partial charge in [0.1, 0.15) is 34.6 Å². The van der Waals surface area contributed by atoms with E-state index in [2.05, 4.69) is 26.0 Å². The molecule has 0 aliphatic heterocycles. The average molecular weight is 791 g/mol. The smallest absolute Gasteiger partial charge is 0.147 e. The first kappa shape index (κ1) is 39.3. The number of hydrogen-bond donors (Lipinski definition) is 2. The number of ether oxygens (including phenoxy) is 2. The molecular weight excluding hydrogens is 743 g/mol. The molecular formula is C51H48F2N2O4. The number of aryl methyl sites for hydroxylation is 4. The monoisotopic (exact) mass is 790 g/mol. The third kappa shape index (κ3) is 7.07. The quantitative estimate of drug-likeness (QED) is 0.145. The Balaban J connectivity index is 1.09. The fourth-order valence-corrected chi connectivity index (χ4v) is 8.58. The van der Waals surface area contributed by atoms with E-state index in [0.717, 1.165) is 55.4 Å². The zero-order valence-corrected chi connectivity index (χ0v) is 34.6. The van der Waals surface area contributed by atoms with Crippen LogP contribution in [-0.2, 0) is 0 Å². The van der Waals surface area contributed by atoms with Gasteiger partial charge in [0.25, 0.3) is 0 Å². The van der Waals surface area contributed by atoms with Crippen LogP contribution in [0.5, 0.6) is 23.0 Å². The number of aromatic nitrogens is 2. The predicted molar refractivity (Wildman–Crippen MR) is 234 cm³/mol. The Morgan fingerprint density at radius 1 is 0.508 bits per heavy atom. The van der Waals surface area contributed by atoms with E-state index < -0.39 is 23.8 Å². The number of phenolic OH excluding ortho intramolecular Hbond substituents is 2. The van der Waals surface area contributed by atoms with E-state index in [9.17, 15) is 10.2 Å². The van der Waals surface area contributed by atoms with Gasteiger partial charge in [-0.25, -0.2) is 8.78 Å². The van der Waals surface area contributed by atoms with Gasteiger partial charge in [0.05, 0.1) is 34.6 Å². The molecule has 0 radical (unpaired) electrons. The van der Waals surface area contributed by atoms with Crippen LogP contribution in [-0.4, -0.2) is 31.6 Å². The van der Waals surface area contributed by atoms with E-state index in [4.69, 9.17) is 9.47 Å². The van der Waals surface area contributed by atoms with Gasteiger partial charge in [0, 0.05) is 50.8 Å². The zero-order chi connectivity index (χ0) is 41.9. The Morgan fingerprint density at radius 3 is 1.31 bits per heavy atom. The van der Waals surface area contributed by atoms with Crippen molar-refractivity contribution in [2.24, 2.45) is 0 Å². The summed E-state index contributed by atoms with van der Waals surface area (Å²) in [5.41, 5.74) is 10.9. The highest BCUT2D eigenvalue weighted by molar-refractivity contribution is 5.90. The van der Waals surface area contributed by atoms with Gasteiger partial charge in [-0.1, -0.05) is 36.4 Å². The van der Waals surface area contributed by atoms with Crippen molar-refractivity contribution in [3.05, 3.63) is 154 Å². The van der Waals surface area contributed by atoms with Crippen LogP contribution >= 0.6 is 0 Å². The third-order valence-electron chi connectivity index (χ3n) is 11.6. The molecule has 2 heterocycles. The van der Waals surface area contributed by atoms with Crippen LogP contribution in [0.15, 0.2) is 109 Å². The Morgan fingerprint density at radius 2 is 0.898 bits per heavy atom. The summed E-state index contributed by atoms with van der Waals surface area (Å²) in [6, 6.07) is 32.3. The lowest BCUT2D eigenvalue weighted by molar-refractivity contribution is 0.131. The number of nitrogens with zero attached hydrogens (tertiary/aromatic N) is 2. The van der Waals surface area contributed by atoms with Gasteiger partial charge < -0.3 is 28.8 Å². The molecule has 59 heavy (non-hydrogen) atoms. The summed E-state index contributed by atoms with van der Waals surface area (Å²) in [4.78, 5) is 0. The number of phenols is 2. The molecule has 0 saturated heterocycles. The highest BCUT2D eigenvalue weighted by atomic mass is 19.1. The molecule has 0 spiro atoms. The number of hydrogen-bond acceptors (Lipinski definition) is 4. The van der Waals surface area contributed by atoms with E-state index >= 15 is 8.78 Å². The fourth-order valence-electron chi connectivity index (χ4n) is 8.58. The molecule has 2 atom stereocenters. The number of aromatic hydroxyl groups is 2. The van der Waals surface area contributed by atoms with Crippen molar-refractivity contribution in [2.75, 3.05) is 0 Å². The second-order valence-corrected chi connectivity index (χ2v) is 15.9. The minimum Gasteiger partial charge on any atom is -0.505 e. The van der Waals surface area contributed by atoms with E-state index in [0.29, 0.717) is 51.5 Å². The SMILES string of the molecule is Cc1cc(-c2cc(F)ccc2O[C@H](C)C[C@H](C)Oc2ccc(F)cc2-c2cc(C)cc(-n3c(C)c(C)c4ccccc43)c2O)c(O)c(-n2c(C)c(C)c3ccccc32)c1. The van der Waals surface area contributed by atoms with E-state index in [-0.39, 0.29) is 11.5 Å². The van der Waals surface area contributed by atoms with Crippen molar-refractivity contribution in [3.8, 4) is 56.6 Å². The molecule has 0 amide bonds. The van der Waals surface area contributed by atoms with Crippen LogP contribution in [0, 0.1) is 53.2 Å². The maximum atomic E-state index is 15.0. The number of fused-ring (bicyclic) bond motifs is 2. The first-order valence-electron chi connectivity index (χ1n) is 20.0. The van der Waals surface area contributed by atoms with Crippen LogP contribution in [0.4, 0.5) is 8.78 Å². The van der Waals surface area contributed by atoms with Gasteiger partial charge in [-0.2, -0.15) is 0 Å². The van der Waals surface area contributed by atoms with Crippen molar-refractivity contribution >= 4 is 21.8 Å². The number of para-hydroxylation sites is 2. The molecule has 6 nitrogen and oxygen atoms in total. The van der Waals surface area contributed by atoms with E-state index in [1.807, 2.05) is 111 Å². The Hall–Kier alpha value is -6.54. The molecule has 8 heteroatoms. The van der Waals surface area contributed by atoms with Gasteiger partial charge in [0.2, 0.25) is 0 Å². The maximum absolute atomic E-state index is 15.0. The highest BCUT2D eigenvalue weighted by Crippen LogP contribution is 2.45. The first-order chi connectivity index (χ1) is 28.2. The first-order valence-corrected chi connectivity index (χ1v) is 20.0. The van der Waals surface area contributed by atoms with Crippen LogP contribution in [0.1, 0.15) is 53.9 Å². The van der Waals surface area contributed by atoms with Gasteiger partial charge in [-0.15, -0.1) is 0 Å². The highest BCUT2D eigenvalue weighted by Gasteiger charge is 2.24. The third-order valence-corrected chi connectivity index (χ3v) is 11.6. The Labute approximate surface area is 343 Å². The number of rotatable bonds is 10. The van der Waals surface area contributed by atoms with Crippen molar-refractivity contribution < 1.29 is 28.5 Å². The lowest BCUT2D eigenvalue weighted by Crippen LogP contribution is -2.23. The van der Waals surface area contributed by atoms with Crippen molar-refractivity contribution in [1.82, 2.24) is 9.13 Å². The summed E-state index contributed by atoms with van der Waals surface area (Å²) in [6.07, 6.45) is -0.434. The summed E-state index contributed by atoms with van der Waals surface area (Å²) >= 11 is 0. The molecule has 0 saturated carbocycles. The van der Waals surface area contributed by atoms with Crippen molar-refractivity contribution in [1.29, 1.82) is 0 Å². The van der Waals surface area contributed by atoms with Gasteiger partial charge in [-0.3, -0.25) is 0 Å². The molecule has 0 aliphatic rings. The van der Waals surface area contributed by atoms with E-state index in [1.54, 1.807) is 12.1 Å². The lowest BCUT2D eigenvalue weighted by Gasteiger charge is -2.24. The maximum Gasteiger partial charge on any atom is 0.147 e. The Bertz CT molecular complexity index is 2730. The number of halogens is 2. The largest absolute Gasteiger partial charge is 0.505 e. The molecule has 0 aliphatic carbocycles. The fraction of sp³-hybridized carbons (Fsp3) is 0.216. The molecule has 8 rings (SSSR count). The molecule has 0 unspecified atom stereocenters. The number of benzene rings is 6. The second-order valence-electron chi connectivity index (χ2n) is 15.9. The summed E-state index contributed by atoms with van der Waals surface area (Å²) in [5, 5.41) is 26.0. The van der Waals surface area contributed by atoms with E-state index in [1.165, 1.54) is 24.3 Å². The summed E-state index contributed by atoms with van der Waals surface area (Å²) < 4.78 is 47.2. The summed E-state index contributed by atoms with van der Waals surface area (Å²) in [5.74, 6) is -0.0720. The minimum absolute atomic E-state index is 0.0147. The van der Waals surface area contributed by atoms with Crippen molar-refractivity contribution in [3.63, 3.8) is 0 Å². The molecule has 6 aromatic carbocycles. The molecule has 300 valence electrons.